The van der Waals surface area contributed by atoms with Gasteiger partial charge in [-0.2, -0.15) is 0 Å². The molecular formula is C20H19ClN4. The fourth-order valence-electron chi connectivity index (χ4n) is 3.28. The summed E-state index contributed by atoms with van der Waals surface area (Å²) in [4.78, 5) is 11.1. The van der Waals surface area contributed by atoms with Crippen molar-refractivity contribution in [2.75, 3.05) is 10.2 Å². The van der Waals surface area contributed by atoms with Gasteiger partial charge in [0.2, 0.25) is 0 Å². The maximum atomic E-state index is 5.93. The number of nitrogens with zero attached hydrogens (tertiary/aromatic N) is 3. The summed E-state index contributed by atoms with van der Waals surface area (Å²) in [5, 5.41) is 4.11. The van der Waals surface area contributed by atoms with Gasteiger partial charge in [0, 0.05) is 29.4 Å². The van der Waals surface area contributed by atoms with Crippen molar-refractivity contribution in [3.63, 3.8) is 0 Å². The Balaban J connectivity index is 1.54. The molecule has 0 radical (unpaired) electrons. The van der Waals surface area contributed by atoms with E-state index in [2.05, 4.69) is 51.4 Å². The first-order valence-corrected chi connectivity index (χ1v) is 8.76. The zero-order valence-electron chi connectivity index (χ0n) is 14.0. The highest BCUT2D eigenvalue weighted by Crippen LogP contribution is 2.37. The Morgan fingerprint density at radius 3 is 2.76 bits per heavy atom. The summed E-state index contributed by atoms with van der Waals surface area (Å²) < 4.78 is 0. The topological polar surface area (TPSA) is 41.0 Å². The number of nitrogens with one attached hydrogen (secondary N) is 1. The lowest BCUT2D eigenvalue weighted by molar-refractivity contribution is 0.749. The molecule has 0 aliphatic carbocycles. The van der Waals surface area contributed by atoms with Crippen LogP contribution in [0.4, 0.5) is 17.3 Å². The normalized spacial score (nSPS) is 15.9. The number of benzene rings is 2. The van der Waals surface area contributed by atoms with Crippen molar-refractivity contribution in [1.29, 1.82) is 0 Å². The minimum Gasteiger partial charge on any atom is -0.366 e. The molecule has 126 valence electrons. The van der Waals surface area contributed by atoms with Crippen LogP contribution in [0, 0.1) is 0 Å². The van der Waals surface area contributed by atoms with Gasteiger partial charge in [-0.15, -0.1) is 0 Å². The first-order valence-electron chi connectivity index (χ1n) is 8.38. The quantitative estimate of drug-likeness (QED) is 0.732. The number of para-hydroxylation sites is 1. The summed E-state index contributed by atoms with van der Waals surface area (Å²) in [5.74, 6) is 1.74. The van der Waals surface area contributed by atoms with E-state index in [1.165, 1.54) is 11.3 Å². The lowest BCUT2D eigenvalue weighted by atomic mass is 10.1. The molecule has 3 aromatic rings. The van der Waals surface area contributed by atoms with Crippen molar-refractivity contribution in [2.24, 2.45) is 0 Å². The number of halogens is 1. The number of aromatic nitrogens is 2. The van der Waals surface area contributed by atoms with Crippen LogP contribution in [-0.2, 0) is 13.0 Å². The van der Waals surface area contributed by atoms with Crippen LogP contribution in [0.1, 0.15) is 18.1 Å². The monoisotopic (exact) mass is 350 g/mol. The highest BCUT2D eigenvalue weighted by Gasteiger charge is 2.27. The predicted octanol–water partition coefficient (Wildman–Crippen LogP) is 4.82. The van der Waals surface area contributed by atoms with Gasteiger partial charge < -0.3 is 10.2 Å². The van der Waals surface area contributed by atoms with Crippen LogP contribution >= 0.6 is 11.6 Å². The highest BCUT2D eigenvalue weighted by molar-refractivity contribution is 6.30. The van der Waals surface area contributed by atoms with Gasteiger partial charge in [0.15, 0.2) is 0 Å². The molecule has 2 heterocycles. The third-order valence-corrected chi connectivity index (χ3v) is 4.75. The summed E-state index contributed by atoms with van der Waals surface area (Å²) in [6, 6.07) is 18.7. The number of rotatable bonds is 4. The van der Waals surface area contributed by atoms with Crippen LogP contribution in [-0.4, -0.2) is 16.0 Å². The SMILES string of the molecule is CC1Cc2ccccc2N1c1cc(NCc2ccc(Cl)cc2)ncn1. The van der Waals surface area contributed by atoms with Gasteiger partial charge in [0.1, 0.15) is 18.0 Å². The van der Waals surface area contributed by atoms with Crippen LogP contribution in [0.15, 0.2) is 60.9 Å². The molecule has 1 atom stereocenters. The summed E-state index contributed by atoms with van der Waals surface area (Å²) in [7, 11) is 0. The van der Waals surface area contributed by atoms with Gasteiger partial charge in [-0.1, -0.05) is 41.9 Å². The molecule has 1 aromatic heterocycles. The minimum absolute atomic E-state index is 0.386. The average Bonchev–Trinajstić information content (AvgIpc) is 2.97. The number of fused-ring (bicyclic) bond motifs is 1. The molecule has 1 unspecified atom stereocenters. The standard InChI is InChI=1S/C20H19ClN4/c1-14-10-16-4-2-3-5-18(16)25(14)20-11-19(23-13-24-20)22-12-15-6-8-17(21)9-7-15/h2-9,11,13-14H,10,12H2,1H3,(H,22,23,24). The summed E-state index contributed by atoms with van der Waals surface area (Å²) >= 11 is 5.93. The van der Waals surface area contributed by atoms with Crippen LogP contribution < -0.4 is 10.2 Å². The zero-order chi connectivity index (χ0) is 17.2. The predicted molar refractivity (Wildman–Crippen MR) is 103 cm³/mol. The summed E-state index contributed by atoms with van der Waals surface area (Å²) in [5.41, 5.74) is 3.76. The molecule has 0 spiro atoms. The van der Waals surface area contributed by atoms with Crippen LogP contribution in [0.3, 0.4) is 0 Å². The van der Waals surface area contributed by atoms with E-state index in [0.29, 0.717) is 12.6 Å². The Morgan fingerprint density at radius 1 is 1.12 bits per heavy atom. The molecule has 1 aliphatic heterocycles. The van der Waals surface area contributed by atoms with Crippen molar-refractivity contribution < 1.29 is 0 Å². The van der Waals surface area contributed by atoms with Gasteiger partial charge >= 0.3 is 0 Å². The maximum absolute atomic E-state index is 5.93. The first kappa shape index (κ1) is 15.9. The third-order valence-electron chi connectivity index (χ3n) is 4.49. The first-order chi connectivity index (χ1) is 12.2. The molecule has 0 saturated heterocycles. The molecule has 1 aliphatic rings. The molecule has 25 heavy (non-hydrogen) atoms. The Bertz CT molecular complexity index is 879. The molecular weight excluding hydrogens is 332 g/mol. The van der Waals surface area contributed by atoms with Crippen LogP contribution in [0.5, 0.6) is 0 Å². The zero-order valence-corrected chi connectivity index (χ0v) is 14.7. The Kier molecular flexibility index (Phi) is 4.28. The molecule has 5 heteroatoms. The van der Waals surface area contributed by atoms with E-state index in [1.807, 2.05) is 30.3 Å². The van der Waals surface area contributed by atoms with Crippen LogP contribution in [0.25, 0.3) is 0 Å². The molecule has 2 aromatic carbocycles. The van der Waals surface area contributed by atoms with Crippen molar-refractivity contribution in [3.8, 4) is 0 Å². The van der Waals surface area contributed by atoms with Gasteiger partial charge in [-0.05, 0) is 42.7 Å². The number of hydrogen-bond donors (Lipinski definition) is 1. The third kappa shape index (κ3) is 3.30. The largest absolute Gasteiger partial charge is 0.366 e. The Labute approximate surface area is 152 Å². The number of hydrogen-bond acceptors (Lipinski definition) is 4. The van der Waals surface area contributed by atoms with Crippen LogP contribution in [0.2, 0.25) is 5.02 Å². The Hall–Kier alpha value is -2.59. The second kappa shape index (κ2) is 6.73. The molecule has 0 fully saturated rings. The maximum Gasteiger partial charge on any atom is 0.138 e. The fourth-order valence-corrected chi connectivity index (χ4v) is 3.41. The lowest BCUT2D eigenvalue weighted by Gasteiger charge is -2.24. The molecule has 4 nitrogen and oxygen atoms in total. The van der Waals surface area contributed by atoms with Crippen molar-refractivity contribution in [3.05, 3.63) is 77.1 Å². The van der Waals surface area contributed by atoms with E-state index in [9.17, 15) is 0 Å². The molecule has 0 bridgehead atoms. The number of anilines is 3. The lowest BCUT2D eigenvalue weighted by Crippen LogP contribution is -2.25. The van der Waals surface area contributed by atoms with Gasteiger partial charge in [-0.3, -0.25) is 0 Å². The van der Waals surface area contributed by atoms with E-state index in [4.69, 9.17) is 11.6 Å². The van der Waals surface area contributed by atoms with Gasteiger partial charge in [0.25, 0.3) is 0 Å². The molecule has 0 saturated carbocycles. The van der Waals surface area contributed by atoms with Crippen molar-refractivity contribution in [2.45, 2.75) is 25.9 Å². The van der Waals surface area contributed by atoms with Gasteiger partial charge in [0.05, 0.1) is 0 Å². The van der Waals surface area contributed by atoms with Gasteiger partial charge in [-0.25, -0.2) is 9.97 Å². The smallest absolute Gasteiger partial charge is 0.138 e. The Morgan fingerprint density at radius 2 is 1.92 bits per heavy atom. The second-order valence-electron chi connectivity index (χ2n) is 6.29. The minimum atomic E-state index is 0.386. The molecule has 0 amide bonds. The van der Waals surface area contributed by atoms with Crippen molar-refractivity contribution >= 4 is 28.9 Å². The van der Waals surface area contributed by atoms with E-state index in [-0.39, 0.29) is 0 Å². The van der Waals surface area contributed by atoms with E-state index >= 15 is 0 Å². The fraction of sp³-hybridized carbons (Fsp3) is 0.200. The highest BCUT2D eigenvalue weighted by atomic mass is 35.5. The average molecular weight is 351 g/mol. The summed E-state index contributed by atoms with van der Waals surface area (Å²) in [6.45, 7) is 2.92. The van der Waals surface area contributed by atoms with E-state index in [0.717, 1.165) is 28.6 Å². The van der Waals surface area contributed by atoms with E-state index < -0.39 is 0 Å². The van der Waals surface area contributed by atoms with E-state index in [1.54, 1.807) is 6.33 Å². The molecule has 4 rings (SSSR count). The molecule has 1 N–H and O–H groups in total. The summed E-state index contributed by atoms with van der Waals surface area (Å²) in [6.07, 6.45) is 2.65. The van der Waals surface area contributed by atoms with Crippen molar-refractivity contribution in [1.82, 2.24) is 9.97 Å². The second-order valence-corrected chi connectivity index (χ2v) is 6.73.